The van der Waals surface area contributed by atoms with Gasteiger partial charge in [-0.1, -0.05) is 0 Å². The first-order chi connectivity index (χ1) is 8.28. The summed E-state index contributed by atoms with van der Waals surface area (Å²) in [6.07, 6.45) is 2.38. The average Bonchev–Trinajstić information content (AvgIpc) is 3.08. The van der Waals surface area contributed by atoms with Crippen LogP contribution >= 0.6 is 0 Å². The van der Waals surface area contributed by atoms with Crippen LogP contribution in [0, 0.1) is 0 Å². The van der Waals surface area contributed by atoms with Crippen LogP contribution in [0.2, 0.25) is 0 Å². The lowest BCUT2D eigenvalue weighted by Crippen LogP contribution is -1.86. The van der Waals surface area contributed by atoms with Gasteiger partial charge in [0.25, 0.3) is 0 Å². The molecule has 5 heteroatoms. The highest BCUT2D eigenvalue weighted by molar-refractivity contribution is 5.60. The molecule has 0 unspecified atom stereocenters. The molecule has 1 fully saturated rings. The van der Waals surface area contributed by atoms with Crippen molar-refractivity contribution in [2.45, 2.75) is 18.8 Å². The van der Waals surface area contributed by atoms with Crippen molar-refractivity contribution in [2.24, 2.45) is 0 Å². The van der Waals surface area contributed by atoms with E-state index in [1.807, 2.05) is 0 Å². The normalized spacial score (nSPS) is 14.9. The summed E-state index contributed by atoms with van der Waals surface area (Å²) >= 11 is 0. The first kappa shape index (κ1) is 10.1. The Balaban J connectivity index is 1.96. The van der Waals surface area contributed by atoms with E-state index in [9.17, 15) is 5.11 Å². The molecule has 0 aliphatic heterocycles. The molecule has 0 bridgehead atoms. The number of ether oxygens (including phenoxy) is 1. The number of aromatic nitrogens is 3. The van der Waals surface area contributed by atoms with Gasteiger partial charge in [-0.2, -0.15) is 5.10 Å². The van der Waals surface area contributed by atoms with Gasteiger partial charge in [-0.15, -0.1) is 0 Å². The highest BCUT2D eigenvalue weighted by atomic mass is 16.5. The maximum Gasteiger partial charge on any atom is 0.181 e. The van der Waals surface area contributed by atoms with E-state index < -0.39 is 0 Å². The lowest BCUT2D eigenvalue weighted by atomic mass is 10.2. The van der Waals surface area contributed by atoms with Crippen molar-refractivity contribution in [1.82, 2.24) is 15.2 Å². The molecule has 0 saturated heterocycles. The fraction of sp³-hybridized carbons (Fsp3) is 0.333. The molecule has 1 aliphatic rings. The second kappa shape index (κ2) is 3.76. The van der Waals surface area contributed by atoms with Gasteiger partial charge in [0.05, 0.1) is 7.11 Å². The largest absolute Gasteiger partial charge is 0.504 e. The molecule has 1 aromatic carbocycles. The first-order valence-electron chi connectivity index (χ1n) is 5.57. The number of nitrogens with one attached hydrogen (secondary N) is 1. The van der Waals surface area contributed by atoms with Gasteiger partial charge in [-0.05, 0) is 31.0 Å². The molecular formula is C12H13N3O2. The highest BCUT2D eigenvalue weighted by Gasteiger charge is 2.27. The number of rotatable bonds is 3. The van der Waals surface area contributed by atoms with Crippen LogP contribution in [-0.4, -0.2) is 27.4 Å². The maximum absolute atomic E-state index is 9.51. The first-order valence-corrected chi connectivity index (χ1v) is 5.57. The third-order valence-corrected chi connectivity index (χ3v) is 2.90. The lowest BCUT2D eigenvalue weighted by Gasteiger charge is -2.03. The molecule has 1 saturated carbocycles. The van der Waals surface area contributed by atoms with E-state index in [1.54, 1.807) is 18.2 Å². The highest BCUT2D eigenvalue weighted by Crippen LogP contribution is 2.38. The summed E-state index contributed by atoms with van der Waals surface area (Å²) in [4.78, 5) is 4.44. The van der Waals surface area contributed by atoms with Crippen LogP contribution in [0.25, 0.3) is 11.4 Å². The molecule has 3 rings (SSSR count). The summed E-state index contributed by atoms with van der Waals surface area (Å²) in [7, 11) is 1.52. The van der Waals surface area contributed by atoms with Gasteiger partial charge >= 0.3 is 0 Å². The Bertz CT molecular complexity index is 546. The molecule has 5 nitrogen and oxygen atoms in total. The van der Waals surface area contributed by atoms with Gasteiger partial charge in [0, 0.05) is 11.5 Å². The SMILES string of the molecule is COc1cc(-c2n[nH]c(C3CC3)n2)ccc1O. The number of methoxy groups -OCH3 is 1. The van der Waals surface area contributed by atoms with Gasteiger partial charge in [0.1, 0.15) is 5.82 Å². The van der Waals surface area contributed by atoms with Crippen molar-refractivity contribution in [3.63, 3.8) is 0 Å². The monoisotopic (exact) mass is 231 g/mol. The number of hydrogen-bond donors (Lipinski definition) is 2. The predicted molar refractivity (Wildman–Crippen MR) is 62.0 cm³/mol. The molecule has 88 valence electrons. The van der Waals surface area contributed by atoms with Gasteiger partial charge in [0.2, 0.25) is 0 Å². The third kappa shape index (κ3) is 1.84. The van der Waals surface area contributed by atoms with Crippen molar-refractivity contribution < 1.29 is 9.84 Å². The van der Waals surface area contributed by atoms with E-state index in [0.717, 1.165) is 11.4 Å². The maximum atomic E-state index is 9.51. The van der Waals surface area contributed by atoms with Crippen molar-refractivity contribution in [2.75, 3.05) is 7.11 Å². The minimum Gasteiger partial charge on any atom is -0.504 e. The zero-order chi connectivity index (χ0) is 11.8. The Morgan fingerprint density at radius 2 is 2.24 bits per heavy atom. The molecule has 0 atom stereocenters. The summed E-state index contributed by atoms with van der Waals surface area (Å²) in [5.41, 5.74) is 0.836. The average molecular weight is 231 g/mol. The quantitative estimate of drug-likeness (QED) is 0.848. The predicted octanol–water partition coefficient (Wildman–Crippen LogP) is 2.06. The molecule has 17 heavy (non-hydrogen) atoms. The number of nitrogens with zero attached hydrogens (tertiary/aromatic N) is 2. The fourth-order valence-corrected chi connectivity index (χ4v) is 1.76. The Labute approximate surface area is 98.5 Å². The molecule has 0 amide bonds. The minimum atomic E-state index is 0.120. The molecule has 2 aromatic rings. The van der Waals surface area contributed by atoms with Crippen molar-refractivity contribution in [3.05, 3.63) is 24.0 Å². The topological polar surface area (TPSA) is 71.0 Å². The summed E-state index contributed by atoms with van der Waals surface area (Å²) in [6.45, 7) is 0. The summed E-state index contributed by atoms with van der Waals surface area (Å²) < 4.78 is 5.06. The zero-order valence-electron chi connectivity index (χ0n) is 9.47. The number of aromatic hydroxyl groups is 1. The van der Waals surface area contributed by atoms with Gasteiger partial charge in [-0.3, -0.25) is 5.10 Å². The summed E-state index contributed by atoms with van der Waals surface area (Å²) in [6, 6.07) is 5.09. The van der Waals surface area contributed by atoms with E-state index in [2.05, 4.69) is 15.2 Å². The molecule has 2 N–H and O–H groups in total. The molecule has 1 heterocycles. The van der Waals surface area contributed by atoms with Gasteiger partial charge in [-0.25, -0.2) is 4.98 Å². The summed E-state index contributed by atoms with van der Waals surface area (Å²) in [5, 5.41) is 16.6. The second-order valence-electron chi connectivity index (χ2n) is 4.21. The van der Waals surface area contributed by atoms with Crippen LogP contribution in [0.4, 0.5) is 0 Å². The number of phenols is 1. The number of aromatic amines is 1. The van der Waals surface area contributed by atoms with Crippen molar-refractivity contribution >= 4 is 0 Å². The third-order valence-electron chi connectivity index (χ3n) is 2.90. The number of hydrogen-bond acceptors (Lipinski definition) is 4. The fourth-order valence-electron chi connectivity index (χ4n) is 1.76. The Hall–Kier alpha value is -2.04. The van der Waals surface area contributed by atoms with Crippen molar-refractivity contribution in [3.8, 4) is 22.9 Å². The van der Waals surface area contributed by atoms with Crippen LogP contribution in [0.1, 0.15) is 24.6 Å². The van der Waals surface area contributed by atoms with E-state index >= 15 is 0 Å². The number of phenolic OH excluding ortho intramolecular Hbond substituents is 1. The van der Waals surface area contributed by atoms with Gasteiger partial charge < -0.3 is 9.84 Å². The Kier molecular flexibility index (Phi) is 2.24. The molecular weight excluding hydrogens is 218 g/mol. The van der Waals surface area contributed by atoms with Crippen LogP contribution in [0.5, 0.6) is 11.5 Å². The molecule has 1 aromatic heterocycles. The second-order valence-corrected chi connectivity index (χ2v) is 4.21. The zero-order valence-corrected chi connectivity index (χ0v) is 9.47. The van der Waals surface area contributed by atoms with Crippen LogP contribution in [0.3, 0.4) is 0 Å². The Morgan fingerprint density at radius 1 is 1.41 bits per heavy atom. The van der Waals surface area contributed by atoms with Crippen LogP contribution < -0.4 is 4.74 Å². The lowest BCUT2D eigenvalue weighted by molar-refractivity contribution is 0.373. The van der Waals surface area contributed by atoms with Crippen LogP contribution in [0.15, 0.2) is 18.2 Å². The standard InChI is InChI=1S/C12H13N3O2/c1-17-10-6-8(4-5-9(10)16)12-13-11(14-15-12)7-2-3-7/h4-7,16H,2-3H2,1H3,(H,13,14,15). The van der Waals surface area contributed by atoms with E-state index in [0.29, 0.717) is 17.5 Å². The smallest absolute Gasteiger partial charge is 0.181 e. The number of H-pyrrole nitrogens is 1. The molecule has 1 aliphatic carbocycles. The molecule has 0 spiro atoms. The van der Waals surface area contributed by atoms with Gasteiger partial charge in [0.15, 0.2) is 17.3 Å². The van der Waals surface area contributed by atoms with E-state index in [1.165, 1.54) is 20.0 Å². The minimum absolute atomic E-state index is 0.120. The Morgan fingerprint density at radius 3 is 2.94 bits per heavy atom. The number of benzene rings is 1. The van der Waals surface area contributed by atoms with E-state index in [-0.39, 0.29) is 5.75 Å². The van der Waals surface area contributed by atoms with Crippen molar-refractivity contribution in [1.29, 1.82) is 0 Å². The van der Waals surface area contributed by atoms with Crippen LogP contribution in [-0.2, 0) is 0 Å². The molecule has 0 radical (unpaired) electrons. The summed E-state index contributed by atoms with van der Waals surface area (Å²) in [5.74, 6) is 2.70. The van der Waals surface area contributed by atoms with E-state index in [4.69, 9.17) is 4.74 Å².